The summed E-state index contributed by atoms with van der Waals surface area (Å²) in [7, 11) is -4.42. The Morgan fingerprint density at radius 1 is 1.09 bits per heavy atom. The molecule has 2 fully saturated rings. The predicted octanol–water partition coefficient (Wildman–Crippen LogP) is 3.41. The number of hydrogen-bond donors (Lipinski definition) is 1. The van der Waals surface area contributed by atoms with Crippen LogP contribution in [-0.4, -0.2) is 23.5 Å². The van der Waals surface area contributed by atoms with Crippen LogP contribution in [0.1, 0.15) is 44.7 Å². The molecule has 23 heavy (non-hydrogen) atoms. The quantitative estimate of drug-likeness (QED) is 0.664. The minimum absolute atomic E-state index is 0.160. The number of carbonyl (C=O) groups is 1. The van der Waals surface area contributed by atoms with E-state index < -0.39 is 25.7 Å². The van der Waals surface area contributed by atoms with Gasteiger partial charge in [-0.05, 0) is 31.4 Å². The zero-order valence-corrected chi connectivity index (χ0v) is 14.7. The van der Waals surface area contributed by atoms with Gasteiger partial charge in [0.25, 0.3) is 10.1 Å². The third-order valence-corrected chi connectivity index (χ3v) is 8.19. The van der Waals surface area contributed by atoms with Crippen molar-refractivity contribution in [2.24, 2.45) is 10.8 Å². The summed E-state index contributed by atoms with van der Waals surface area (Å²) in [4.78, 5) is 13.0. The van der Waals surface area contributed by atoms with Gasteiger partial charge in [0.15, 0.2) is 5.78 Å². The van der Waals surface area contributed by atoms with Crippen LogP contribution in [0.15, 0.2) is 29.8 Å². The maximum Gasteiger partial charge on any atom is 0.275 e. The predicted molar refractivity (Wildman–Crippen MR) is 89.6 cm³/mol. The highest BCUT2D eigenvalue weighted by atomic mass is 32.2. The van der Waals surface area contributed by atoms with Gasteiger partial charge < -0.3 is 0 Å². The van der Waals surface area contributed by atoms with E-state index in [4.69, 9.17) is 0 Å². The summed E-state index contributed by atoms with van der Waals surface area (Å²) in [5.74, 6) is -0.160. The Hall–Kier alpha value is -1.46. The summed E-state index contributed by atoms with van der Waals surface area (Å²) in [6, 6.07) is 7.54. The molecule has 2 unspecified atom stereocenters. The first-order valence-corrected chi connectivity index (χ1v) is 9.22. The van der Waals surface area contributed by atoms with Crippen molar-refractivity contribution in [3.63, 3.8) is 0 Å². The lowest BCUT2D eigenvalue weighted by atomic mass is 9.70. The smallest absolute Gasteiger partial charge is 0.275 e. The highest BCUT2D eigenvalue weighted by Gasteiger charge is 2.77. The number of Topliss-reactive ketones (excluding diaryl/α,β-unsaturated/α-hetero) is 1. The first-order valence-electron chi connectivity index (χ1n) is 7.78. The second-order valence-electron chi connectivity index (χ2n) is 7.56. The van der Waals surface area contributed by atoms with E-state index in [0.29, 0.717) is 6.42 Å². The van der Waals surface area contributed by atoms with Gasteiger partial charge in [0.05, 0.1) is 0 Å². The van der Waals surface area contributed by atoms with Crippen molar-refractivity contribution in [2.45, 2.75) is 45.3 Å². The molecule has 0 radical (unpaired) electrons. The van der Waals surface area contributed by atoms with Gasteiger partial charge in [-0.2, -0.15) is 8.42 Å². The second-order valence-corrected chi connectivity index (χ2v) is 9.20. The zero-order valence-electron chi connectivity index (χ0n) is 13.9. The third-order valence-electron chi connectivity index (χ3n) is 6.38. The first kappa shape index (κ1) is 16.4. The van der Waals surface area contributed by atoms with Crippen molar-refractivity contribution in [1.82, 2.24) is 0 Å². The molecule has 2 bridgehead atoms. The van der Waals surface area contributed by atoms with Gasteiger partial charge in [-0.15, -0.1) is 0 Å². The Balaban J connectivity index is 2.28. The molecule has 0 spiro atoms. The monoisotopic (exact) mass is 334 g/mol. The molecule has 1 aromatic carbocycles. The standard InChI is InChI=1S/C18H22O4S/c1-12-5-7-13(8-6-12)11-14-15(19)17(4)9-10-18(14,16(17,2)3)23(20,21)22/h5-8,11H,9-10H2,1-4H3,(H,20,21,22). The zero-order chi connectivity index (χ0) is 17.3. The maximum absolute atomic E-state index is 13.0. The lowest BCUT2D eigenvalue weighted by Gasteiger charge is -2.37. The summed E-state index contributed by atoms with van der Waals surface area (Å²) in [6.45, 7) is 7.34. The summed E-state index contributed by atoms with van der Waals surface area (Å²) < 4.78 is 33.2. The molecule has 2 aliphatic carbocycles. The van der Waals surface area contributed by atoms with Crippen molar-refractivity contribution in [2.75, 3.05) is 0 Å². The van der Waals surface area contributed by atoms with E-state index >= 15 is 0 Å². The Morgan fingerprint density at radius 2 is 1.65 bits per heavy atom. The van der Waals surface area contributed by atoms with Gasteiger partial charge >= 0.3 is 0 Å². The van der Waals surface area contributed by atoms with Crippen LogP contribution in [0.25, 0.3) is 6.08 Å². The highest BCUT2D eigenvalue weighted by Crippen LogP contribution is 2.70. The molecule has 4 nitrogen and oxygen atoms in total. The lowest BCUT2D eigenvalue weighted by Crippen LogP contribution is -2.47. The van der Waals surface area contributed by atoms with E-state index in [1.54, 1.807) is 19.9 Å². The number of ketones is 1. The number of aryl methyl sites for hydroxylation is 1. The molecule has 0 aromatic heterocycles. The van der Waals surface area contributed by atoms with Gasteiger partial charge in [0, 0.05) is 16.4 Å². The van der Waals surface area contributed by atoms with Crippen molar-refractivity contribution >= 4 is 22.0 Å². The number of rotatable bonds is 2. The van der Waals surface area contributed by atoms with Crippen molar-refractivity contribution in [3.05, 3.63) is 41.0 Å². The number of hydrogen-bond acceptors (Lipinski definition) is 3. The Morgan fingerprint density at radius 3 is 2.17 bits per heavy atom. The van der Waals surface area contributed by atoms with Crippen LogP contribution in [0.4, 0.5) is 0 Å². The second kappa shape index (κ2) is 4.54. The van der Waals surface area contributed by atoms with E-state index in [1.807, 2.05) is 38.1 Å². The SMILES string of the molecule is Cc1ccc(C=C2C(=O)C3(C)CCC2(S(=O)(=O)O)C3(C)C)cc1. The highest BCUT2D eigenvalue weighted by molar-refractivity contribution is 7.87. The van der Waals surface area contributed by atoms with Crippen molar-refractivity contribution in [1.29, 1.82) is 0 Å². The average molecular weight is 334 g/mol. The molecule has 2 atom stereocenters. The molecule has 3 rings (SSSR count). The van der Waals surface area contributed by atoms with E-state index in [2.05, 4.69) is 0 Å². The van der Waals surface area contributed by atoms with Crippen LogP contribution in [0.2, 0.25) is 0 Å². The molecule has 2 saturated carbocycles. The van der Waals surface area contributed by atoms with Crippen LogP contribution in [-0.2, 0) is 14.9 Å². The third kappa shape index (κ3) is 1.81. The largest absolute Gasteiger partial charge is 0.294 e. The van der Waals surface area contributed by atoms with Crippen LogP contribution in [0.3, 0.4) is 0 Å². The normalized spacial score (nSPS) is 34.3. The van der Waals surface area contributed by atoms with E-state index in [9.17, 15) is 17.8 Å². The van der Waals surface area contributed by atoms with Crippen LogP contribution in [0.5, 0.6) is 0 Å². The molecular weight excluding hydrogens is 312 g/mol. The van der Waals surface area contributed by atoms with Gasteiger partial charge in [0.1, 0.15) is 4.75 Å². The van der Waals surface area contributed by atoms with Gasteiger partial charge in [-0.1, -0.05) is 50.6 Å². The fraction of sp³-hybridized carbons (Fsp3) is 0.500. The molecule has 0 heterocycles. The summed E-state index contributed by atoms with van der Waals surface area (Å²) in [5.41, 5.74) is 0.472. The Labute approximate surface area is 137 Å². The van der Waals surface area contributed by atoms with Crippen LogP contribution < -0.4 is 0 Å². The molecule has 0 saturated heterocycles. The van der Waals surface area contributed by atoms with Gasteiger partial charge in [-0.3, -0.25) is 9.35 Å². The molecule has 124 valence electrons. The molecule has 5 heteroatoms. The minimum Gasteiger partial charge on any atom is -0.294 e. The lowest BCUT2D eigenvalue weighted by molar-refractivity contribution is -0.125. The number of fused-ring (bicyclic) bond motifs is 2. The molecule has 1 aromatic rings. The van der Waals surface area contributed by atoms with Crippen LogP contribution >= 0.6 is 0 Å². The van der Waals surface area contributed by atoms with Gasteiger partial charge in [0.2, 0.25) is 0 Å². The Bertz CT molecular complexity index is 817. The van der Waals surface area contributed by atoms with E-state index in [0.717, 1.165) is 11.1 Å². The number of benzene rings is 1. The minimum atomic E-state index is -4.42. The summed E-state index contributed by atoms with van der Waals surface area (Å²) in [5, 5.41) is 0. The van der Waals surface area contributed by atoms with Crippen molar-refractivity contribution < 1.29 is 17.8 Å². The van der Waals surface area contributed by atoms with Gasteiger partial charge in [-0.25, -0.2) is 0 Å². The molecular formula is C18H22O4S. The molecule has 1 N–H and O–H groups in total. The van der Waals surface area contributed by atoms with E-state index in [-0.39, 0.29) is 17.8 Å². The Kier molecular flexibility index (Phi) is 3.24. The summed E-state index contributed by atoms with van der Waals surface area (Å²) in [6.07, 6.45) is 2.39. The average Bonchev–Trinajstić information content (AvgIpc) is 2.72. The topological polar surface area (TPSA) is 71.4 Å². The van der Waals surface area contributed by atoms with Crippen LogP contribution in [0, 0.1) is 17.8 Å². The summed E-state index contributed by atoms with van der Waals surface area (Å²) >= 11 is 0. The number of carbonyl (C=O) groups excluding carboxylic acids is 1. The van der Waals surface area contributed by atoms with E-state index in [1.165, 1.54) is 0 Å². The first-order chi connectivity index (χ1) is 10.5. The molecule has 2 aliphatic rings. The molecule has 0 amide bonds. The molecule has 0 aliphatic heterocycles. The van der Waals surface area contributed by atoms with Crippen molar-refractivity contribution in [3.8, 4) is 0 Å². The fourth-order valence-corrected chi connectivity index (χ4v) is 6.11. The fourth-order valence-electron chi connectivity index (χ4n) is 4.45. The maximum atomic E-state index is 13.0.